The number of halogens is 2. The molecule has 1 saturated heterocycles. The van der Waals surface area contributed by atoms with Crippen LogP contribution in [-0.4, -0.2) is 31.1 Å². The molecule has 2 heterocycles. The van der Waals surface area contributed by atoms with Gasteiger partial charge < -0.3 is 15.4 Å². The molecule has 1 aliphatic rings. The molecule has 1 aromatic carbocycles. The van der Waals surface area contributed by atoms with Gasteiger partial charge in [-0.15, -0.1) is 24.8 Å². The summed E-state index contributed by atoms with van der Waals surface area (Å²) in [5, 5.41) is 6.28. The van der Waals surface area contributed by atoms with E-state index in [1.165, 1.54) is 12.0 Å². The molecule has 0 spiro atoms. The molecule has 1 atom stereocenters. The number of benzene rings is 1. The summed E-state index contributed by atoms with van der Waals surface area (Å²) in [7, 11) is 1.58. The topological polar surface area (TPSA) is 63.2 Å². The second-order valence-corrected chi connectivity index (χ2v) is 6.19. The fraction of sp³-hybridized carbons (Fsp3) is 0.368. The minimum atomic E-state index is -0.145. The maximum absolute atomic E-state index is 12.5. The number of nitrogens with one attached hydrogen (secondary N) is 2. The van der Waals surface area contributed by atoms with E-state index in [-0.39, 0.29) is 30.7 Å². The SMILES string of the molecule is COc1c(NC(=O)c2ccc(CC3CCNC3)cc2)ccnc1C.Cl.Cl. The lowest BCUT2D eigenvalue weighted by Gasteiger charge is -2.12. The summed E-state index contributed by atoms with van der Waals surface area (Å²) < 4.78 is 5.32. The van der Waals surface area contributed by atoms with Crippen LogP contribution in [0.1, 0.15) is 28.0 Å². The minimum absolute atomic E-state index is 0. The molecule has 142 valence electrons. The number of carbonyl (C=O) groups excluding carboxylic acids is 1. The van der Waals surface area contributed by atoms with E-state index in [4.69, 9.17) is 4.74 Å². The first-order chi connectivity index (χ1) is 11.7. The highest BCUT2D eigenvalue weighted by atomic mass is 35.5. The van der Waals surface area contributed by atoms with Crippen LogP contribution in [0.2, 0.25) is 0 Å². The zero-order chi connectivity index (χ0) is 16.9. The molecule has 1 aliphatic heterocycles. The Bertz CT molecular complexity index is 717. The highest BCUT2D eigenvalue weighted by Gasteiger charge is 2.15. The van der Waals surface area contributed by atoms with E-state index in [1.54, 1.807) is 19.4 Å². The highest BCUT2D eigenvalue weighted by Crippen LogP contribution is 2.26. The molecule has 2 aromatic rings. The summed E-state index contributed by atoms with van der Waals surface area (Å²) in [6.07, 6.45) is 3.95. The first kappa shape index (κ1) is 22.2. The van der Waals surface area contributed by atoms with E-state index < -0.39 is 0 Å². The number of amides is 1. The van der Waals surface area contributed by atoms with Crippen molar-refractivity contribution in [1.29, 1.82) is 0 Å². The molecule has 2 N–H and O–H groups in total. The normalized spacial score (nSPS) is 15.5. The van der Waals surface area contributed by atoms with Gasteiger partial charge in [0.2, 0.25) is 0 Å². The van der Waals surface area contributed by atoms with E-state index in [1.807, 2.05) is 31.2 Å². The van der Waals surface area contributed by atoms with Gasteiger partial charge in [0.05, 0.1) is 18.5 Å². The third-order valence-corrected chi connectivity index (χ3v) is 4.44. The second kappa shape index (κ2) is 10.4. The number of rotatable bonds is 5. The predicted octanol–water partition coefficient (Wildman–Crippen LogP) is 3.65. The maximum atomic E-state index is 12.5. The molecule has 0 bridgehead atoms. The molecule has 0 aliphatic carbocycles. The number of hydrogen-bond acceptors (Lipinski definition) is 4. The van der Waals surface area contributed by atoms with Crippen molar-refractivity contribution in [2.75, 3.05) is 25.5 Å². The van der Waals surface area contributed by atoms with Gasteiger partial charge >= 0.3 is 0 Å². The van der Waals surface area contributed by atoms with Crippen molar-refractivity contribution in [3.8, 4) is 5.75 Å². The van der Waals surface area contributed by atoms with Gasteiger partial charge in [-0.25, -0.2) is 0 Å². The minimum Gasteiger partial charge on any atom is -0.493 e. The quantitative estimate of drug-likeness (QED) is 0.807. The van der Waals surface area contributed by atoms with Crippen molar-refractivity contribution in [3.63, 3.8) is 0 Å². The van der Waals surface area contributed by atoms with Crippen molar-refractivity contribution in [1.82, 2.24) is 10.3 Å². The molecule has 1 aromatic heterocycles. The maximum Gasteiger partial charge on any atom is 0.255 e. The summed E-state index contributed by atoms with van der Waals surface area (Å²) in [5.74, 6) is 1.15. The van der Waals surface area contributed by atoms with Crippen LogP contribution in [0.4, 0.5) is 5.69 Å². The molecule has 26 heavy (non-hydrogen) atoms. The van der Waals surface area contributed by atoms with Gasteiger partial charge in [-0.2, -0.15) is 0 Å². The molecule has 1 amide bonds. The predicted molar refractivity (Wildman–Crippen MR) is 109 cm³/mol. The van der Waals surface area contributed by atoms with Crippen LogP contribution in [0.3, 0.4) is 0 Å². The standard InChI is InChI=1S/C19H23N3O2.2ClH/c1-13-18(24-2)17(8-10-21-13)22-19(23)16-5-3-14(4-6-16)11-15-7-9-20-12-15;;/h3-6,8,10,15,20H,7,9,11-12H2,1-2H3,(H,21,22,23);2*1H. The van der Waals surface area contributed by atoms with Gasteiger partial charge in [-0.3, -0.25) is 9.78 Å². The third-order valence-electron chi connectivity index (χ3n) is 4.44. The monoisotopic (exact) mass is 397 g/mol. The van der Waals surface area contributed by atoms with Crippen LogP contribution in [0.25, 0.3) is 0 Å². The van der Waals surface area contributed by atoms with Crippen LogP contribution < -0.4 is 15.4 Å². The van der Waals surface area contributed by atoms with Crippen LogP contribution >= 0.6 is 24.8 Å². The lowest BCUT2D eigenvalue weighted by Crippen LogP contribution is -2.14. The third kappa shape index (κ3) is 5.34. The van der Waals surface area contributed by atoms with Gasteiger partial charge in [0.25, 0.3) is 5.91 Å². The van der Waals surface area contributed by atoms with E-state index in [9.17, 15) is 4.79 Å². The number of hydrogen-bond donors (Lipinski definition) is 2. The first-order valence-electron chi connectivity index (χ1n) is 8.28. The number of pyridine rings is 1. The Balaban J connectivity index is 0.00000169. The van der Waals surface area contributed by atoms with Crippen LogP contribution in [0.15, 0.2) is 36.5 Å². The molecule has 1 fully saturated rings. The fourth-order valence-electron chi connectivity index (χ4n) is 3.12. The first-order valence-corrected chi connectivity index (χ1v) is 8.28. The van der Waals surface area contributed by atoms with Crippen molar-refractivity contribution >= 4 is 36.4 Å². The van der Waals surface area contributed by atoms with Crippen molar-refractivity contribution < 1.29 is 9.53 Å². The largest absolute Gasteiger partial charge is 0.493 e. The van der Waals surface area contributed by atoms with Crippen molar-refractivity contribution in [2.45, 2.75) is 19.8 Å². The Labute approximate surface area is 166 Å². The van der Waals surface area contributed by atoms with E-state index in [0.29, 0.717) is 22.9 Å². The van der Waals surface area contributed by atoms with Crippen molar-refractivity contribution in [3.05, 3.63) is 53.3 Å². The number of carbonyl (C=O) groups is 1. The van der Waals surface area contributed by atoms with Gasteiger partial charge in [0, 0.05) is 11.8 Å². The zero-order valence-corrected chi connectivity index (χ0v) is 16.6. The number of ether oxygens (including phenoxy) is 1. The Morgan fingerprint density at radius 2 is 2.00 bits per heavy atom. The Kier molecular flexibility index (Phi) is 8.85. The summed E-state index contributed by atoms with van der Waals surface area (Å²) in [6.45, 7) is 4.04. The summed E-state index contributed by atoms with van der Waals surface area (Å²) in [6, 6.07) is 9.59. The molecule has 3 rings (SSSR count). The lowest BCUT2D eigenvalue weighted by molar-refractivity contribution is 0.102. The molecular formula is C19H25Cl2N3O2. The average molecular weight is 398 g/mol. The second-order valence-electron chi connectivity index (χ2n) is 6.19. The van der Waals surface area contributed by atoms with Crippen LogP contribution in [0.5, 0.6) is 5.75 Å². The van der Waals surface area contributed by atoms with Crippen LogP contribution in [-0.2, 0) is 6.42 Å². The Morgan fingerprint density at radius 1 is 1.27 bits per heavy atom. The van der Waals surface area contributed by atoms with Gasteiger partial charge in [-0.1, -0.05) is 12.1 Å². The smallest absolute Gasteiger partial charge is 0.255 e. The number of aromatic nitrogens is 1. The van der Waals surface area contributed by atoms with Gasteiger partial charge in [-0.05, 0) is 62.5 Å². The Hall–Kier alpha value is -1.82. The Morgan fingerprint density at radius 3 is 2.62 bits per heavy atom. The number of anilines is 1. The highest BCUT2D eigenvalue weighted by molar-refractivity contribution is 6.05. The van der Waals surface area contributed by atoms with E-state index in [2.05, 4.69) is 15.6 Å². The zero-order valence-electron chi connectivity index (χ0n) is 15.0. The molecule has 7 heteroatoms. The van der Waals surface area contributed by atoms with E-state index in [0.717, 1.165) is 25.2 Å². The molecule has 0 radical (unpaired) electrons. The van der Waals surface area contributed by atoms with Crippen molar-refractivity contribution in [2.24, 2.45) is 5.92 Å². The average Bonchev–Trinajstić information content (AvgIpc) is 3.09. The van der Waals surface area contributed by atoms with E-state index >= 15 is 0 Å². The van der Waals surface area contributed by atoms with Gasteiger partial charge in [0.15, 0.2) is 5.75 Å². The number of aryl methyl sites for hydroxylation is 1. The fourth-order valence-corrected chi connectivity index (χ4v) is 3.12. The number of nitrogens with zero attached hydrogens (tertiary/aromatic N) is 1. The molecule has 5 nitrogen and oxygen atoms in total. The summed E-state index contributed by atoms with van der Waals surface area (Å²) in [4.78, 5) is 16.6. The van der Waals surface area contributed by atoms with Gasteiger partial charge in [0.1, 0.15) is 0 Å². The molecule has 1 unspecified atom stereocenters. The summed E-state index contributed by atoms with van der Waals surface area (Å²) in [5.41, 5.74) is 3.30. The van der Waals surface area contributed by atoms with Crippen LogP contribution in [0, 0.1) is 12.8 Å². The summed E-state index contributed by atoms with van der Waals surface area (Å²) >= 11 is 0. The molecular weight excluding hydrogens is 373 g/mol. The number of methoxy groups -OCH3 is 1. The lowest BCUT2D eigenvalue weighted by atomic mass is 9.98. The molecule has 0 saturated carbocycles.